The average molecular weight is 376 g/mol. The Morgan fingerprint density at radius 1 is 1.39 bits per heavy atom. The van der Waals surface area contributed by atoms with Crippen molar-refractivity contribution in [2.75, 3.05) is 6.61 Å². The van der Waals surface area contributed by atoms with E-state index in [4.69, 9.17) is 4.74 Å². The Balaban J connectivity index is 1.71. The molecule has 0 aliphatic heterocycles. The van der Waals surface area contributed by atoms with E-state index in [-0.39, 0.29) is 0 Å². The number of halogens is 2. The van der Waals surface area contributed by atoms with Crippen molar-refractivity contribution in [2.45, 2.75) is 43.5 Å². The molecule has 1 aromatic carbocycles. The molecule has 3 heteroatoms. The van der Waals surface area contributed by atoms with Crippen LogP contribution in [0.5, 0.6) is 0 Å². The quantitative estimate of drug-likeness (QED) is 0.638. The van der Waals surface area contributed by atoms with Crippen LogP contribution in [0.3, 0.4) is 0 Å². The fourth-order valence-electron chi connectivity index (χ4n) is 2.60. The molecule has 0 amide bonds. The molecule has 2 rings (SSSR count). The van der Waals surface area contributed by atoms with Gasteiger partial charge in [0.1, 0.15) is 0 Å². The van der Waals surface area contributed by atoms with Crippen LogP contribution in [0.15, 0.2) is 28.7 Å². The van der Waals surface area contributed by atoms with Gasteiger partial charge in [-0.15, -0.1) is 0 Å². The highest BCUT2D eigenvalue weighted by Crippen LogP contribution is 2.35. The Bertz CT molecular complexity index is 375. The lowest BCUT2D eigenvalue weighted by Crippen LogP contribution is -2.33. The van der Waals surface area contributed by atoms with Crippen LogP contribution in [-0.2, 0) is 11.2 Å². The first kappa shape index (κ1) is 14.5. The molecule has 1 atom stereocenters. The van der Waals surface area contributed by atoms with Gasteiger partial charge in [-0.2, -0.15) is 0 Å². The molecule has 1 aliphatic rings. The van der Waals surface area contributed by atoms with Crippen LogP contribution in [0.1, 0.15) is 31.7 Å². The smallest absolute Gasteiger partial charge is 0.0580 e. The fraction of sp³-hybridized carbons (Fsp3) is 0.600. The van der Waals surface area contributed by atoms with Crippen LogP contribution in [0, 0.1) is 5.92 Å². The highest BCUT2D eigenvalue weighted by Gasteiger charge is 2.30. The van der Waals surface area contributed by atoms with Gasteiger partial charge >= 0.3 is 0 Å². The maximum atomic E-state index is 5.60. The van der Waals surface area contributed by atoms with Gasteiger partial charge in [-0.25, -0.2) is 0 Å². The first-order valence-electron chi connectivity index (χ1n) is 6.67. The van der Waals surface area contributed by atoms with E-state index >= 15 is 0 Å². The zero-order chi connectivity index (χ0) is 13.0. The van der Waals surface area contributed by atoms with Crippen molar-refractivity contribution >= 4 is 31.9 Å². The maximum absolute atomic E-state index is 5.60. The van der Waals surface area contributed by atoms with E-state index in [0.717, 1.165) is 18.9 Å². The lowest BCUT2D eigenvalue weighted by atomic mass is 9.79. The summed E-state index contributed by atoms with van der Waals surface area (Å²) in [6.45, 7) is 2.93. The van der Waals surface area contributed by atoms with Gasteiger partial charge in [-0.1, -0.05) is 44.0 Å². The molecular formula is C15H20Br2O. The molecule has 1 aliphatic carbocycles. The van der Waals surface area contributed by atoms with Crippen molar-refractivity contribution in [1.82, 2.24) is 0 Å². The molecule has 100 valence electrons. The minimum Gasteiger partial charge on any atom is -0.378 e. The molecule has 0 spiro atoms. The van der Waals surface area contributed by atoms with Gasteiger partial charge in [0.2, 0.25) is 0 Å². The molecule has 1 nitrogen and oxygen atoms in total. The van der Waals surface area contributed by atoms with E-state index in [1.54, 1.807) is 0 Å². The summed E-state index contributed by atoms with van der Waals surface area (Å²) >= 11 is 7.34. The van der Waals surface area contributed by atoms with E-state index in [9.17, 15) is 0 Å². The standard InChI is InChI=1S/C15H20Br2O/c1-2-18-15-9-12(10-15)8-14(17)7-11-4-3-5-13(16)6-11/h3-6,12,14-15H,2,7-10H2,1H3. The summed E-state index contributed by atoms with van der Waals surface area (Å²) in [4.78, 5) is 0.583. The first-order chi connectivity index (χ1) is 8.67. The van der Waals surface area contributed by atoms with Gasteiger partial charge in [0.15, 0.2) is 0 Å². The van der Waals surface area contributed by atoms with Crippen molar-refractivity contribution < 1.29 is 4.74 Å². The number of ether oxygens (including phenoxy) is 1. The van der Waals surface area contributed by atoms with Gasteiger partial charge < -0.3 is 4.74 Å². The summed E-state index contributed by atoms with van der Waals surface area (Å²) in [5, 5.41) is 0. The first-order valence-corrected chi connectivity index (χ1v) is 8.38. The predicted molar refractivity (Wildman–Crippen MR) is 83.3 cm³/mol. The van der Waals surface area contributed by atoms with Crippen molar-refractivity contribution in [3.63, 3.8) is 0 Å². The Morgan fingerprint density at radius 3 is 2.83 bits per heavy atom. The summed E-state index contributed by atoms with van der Waals surface area (Å²) in [6.07, 6.45) is 5.39. The highest BCUT2D eigenvalue weighted by atomic mass is 79.9. The SMILES string of the molecule is CCOC1CC(CC(Br)Cc2cccc(Br)c2)C1. The van der Waals surface area contributed by atoms with Crippen molar-refractivity contribution in [3.05, 3.63) is 34.3 Å². The number of benzene rings is 1. The van der Waals surface area contributed by atoms with Crippen LogP contribution < -0.4 is 0 Å². The molecule has 1 unspecified atom stereocenters. The van der Waals surface area contributed by atoms with Crippen LogP contribution in [0.4, 0.5) is 0 Å². The molecule has 0 aromatic heterocycles. The third-order valence-electron chi connectivity index (χ3n) is 3.53. The number of hydrogen-bond donors (Lipinski definition) is 0. The van der Waals surface area contributed by atoms with Gasteiger partial charge in [0.05, 0.1) is 6.10 Å². The van der Waals surface area contributed by atoms with E-state index in [1.807, 2.05) is 0 Å². The van der Waals surface area contributed by atoms with Crippen molar-refractivity contribution in [1.29, 1.82) is 0 Å². The summed E-state index contributed by atoms with van der Waals surface area (Å²) < 4.78 is 6.77. The Kier molecular flexibility index (Phi) is 5.71. The second-order valence-corrected chi connectivity index (χ2v) is 7.29. The zero-order valence-corrected chi connectivity index (χ0v) is 13.9. The number of rotatable bonds is 6. The van der Waals surface area contributed by atoms with Crippen LogP contribution >= 0.6 is 31.9 Å². The normalized spacial score (nSPS) is 24.6. The van der Waals surface area contributed by atoms with Crippen molar-refractivity contribution in [3.8, 4) is 0 Å². The Hall–Kier alpha value is 0.140. The minimum atomic E-state index is 0.533. The third-order valence-corrected chi connectivity index (χ3v) is 4.72. The van der Waals surface area contributed by atoms with Gasteiger partial charge in [0, 0.05) is 15.9 Å². The maximum Gasteiger partial charge on any atom is 0.0580 e. The second-order valence-electron chi connectivity index (χ2n) is 5.08. The van der Waals surface area contributed by atoms with Gasteiger partial charge in [-0.3, -0.25) is 0 Å². The van der Waals surface area contributed by atoms with Crippen LogP contribution in [0.2, 0.25) is 0 Å². The largest absolute Gasteiger partial charge is 0.378 e. The minimum absolute atomic E-state index is 0.533. The molecule has 0 bridgehead atoms. The molecule has 18 heavy (non-hydrogen) atoms. The van der Waals surface area contributed by atoms with Crippen LogP contribution in [-0.4, -0.2) is 17.5 Å². The molecule has 0 radical (unpaired) electrons. The molecule has 0 heterocycles. The molecular weight excluding hydrogens is 356 g/mol. The molecule has 1 aromatic rings. The topological polar surface area (TPSA) is 9.23 Å². The lowest BCUT2D eigenvalue weighted by Gasteiger charge is -2.36. The lowest BCUT2D eigenvalue weighted by molar-refractivity contribution is -0.0263. The van der Waals surface area contributed by atoms with E-state index in [0.29, 0.717) is 10.9 Å². The highest BCUT2D eigenvalue weighted by molar-refractivity contribution is 9.10. The van der Waals surface area contributed by atoms with Gasteiger partial charge in [-0.05, 0) is 56.2 Å². The summed E-state index contributed by atoms with van der Waals surface area (Å²) in [7, 11) is 0. The summed E-state index contributed by atoms with van der Waals surface area (Å²) in [6, 6.07) is 8.58. The molecule has 1 fully saturated rings. The second kappa shape index (κ2) is 7.06. The monoisotopic (exact) mass is 374 g/mol. The number of hydrogen-bond acceptors (Lipinski definition) is 1. The Labute approximate surface area is 127 Å². The average Bonchev–Trinajstić information content (AvgIpc) is 2.26. The van der Waals surface area contributed by atoms with Crippen LogP contribution in [0.25, 0.3) is 0 Å². The predicted octanol–water partition coefficient (Wildman–Crippen LogP) is 4.96. The summed E-state index contributed by atoms with van der Waals surface area (Å²) in [5.41, 5.74) is 1.40. The van der Waals surface area contributed by atoms with E-state index in [2.05, 4.69) is 63.0 Å². The molecule has 0 N–H and O–H groups in total. The fourth-order valence-corrected chi connectivity index (χ4v) is 3.95. The van der Waals surface area contributed by atoms with Crippen molar-refractivity contribution in [2.24, 2.45) is 5.92 Å². The summed E-state index contributed by atoms with van der Waals surface area (Å²) in [5.74, 6) is 0.845. The van der Waals surface area contributed by atoms with Gasteiger partial charge in [0.25, 0.3) is 0 Å². The third kappa shape index (κ3) is 4.36. The van der Waals surface area contributed by atoms with E-state index < -0.39 is 0 Å². The molecule has 1 saturated carbocycles. The molecule has 0 saturated heterocycles. The number of alkyl halides is 1. The van der Waals surface area contributed by atoms with E-state index in [1.165, 1.54) is 29.3 Å². The zero-order valence-electron chi connectivity index (χ0n) is 10.7. The Morgan fingerprint density at radius 2 is 2.17 bits per heavy atom.